The molecule has 0 bridgehead atoms. The number of ether oxygens (including phenoxy) is 1. The van der Waals surface area contributed by atoms with Crippen molar-refractivity contribution in [1.82, 2.24) is 0 Å². The lowest BCUT2D eigenvalue weighted by molar-refractivity contribution is -0.130. The summed E-state index contributed by atoms with van der Waals surface area (Å²) >= 11 is 0. The molecule has 1 saturated carbocycles. The van der Waals surface area contributed by atoms with E-state index in [2.05, 4.69) is 0 Å². The third-order valence-electron chi connectivity index (χ3n) is 1.83. The minimum atomic E-state index is -0.225. The number of rotatable bonds is 3. The number of carbonyl (C=O) groups excluding carboxylic acids is 1. The highest BCUT2D eigenvalue weighted by Gasteiger charge is 2.33. The Morgan fingerprint density at radius 2 is 2.20 bits per heavy atom. The van der Waals surface area contributed by atoms with Crippen LogP contribution in [0.25, 0.3) is 0 Å². The van der Waals surface area contributed by atoms with Gasteiger partial charge in [-0.05, 0) is 12.8 Å². The molecule has 0 aliphatic heterocycles. The summed E-state index contributed by atoms with van der Waals surface area (Å²) in [5.41, 5.74) is 10.2. The first-order valence-corrected chi connectivity index (χ1v) is 3.35. The number of carbonyl (C=O) groups is 1. The van der Waals surface area contributed by atoms with Gasteiger partial charge < -0.3 is 16.2 Å². The molecule has 4 nitrogen and oxygen atoms in total. The van der Waals surface area contributed by atoms with E-state index in [1.54, 1.807) is 0 Å². The summed E-state index contributed by atoms with van der Waals surface area (Å²) in [5.74, 6) is -0.201. The van der Waals surface area contributed by atoms with Gasteiger partial charge in [0.25, 0.3) is 0 Å². The third-order valence-corrected chi connectivity index (χ3v) is 1.83. The van der Waals surface area contributed by atoms with E-state index in [1.165, 1.54) is 0 Å². The van der Waals surface area contributed by atoms with Gasteiger partial charge in [-0.15, -0.1) is 0 Å². The van der Waals surface area contributed by atoms with Gasteiger partial charge in [-0.2, -0.15) is 0 Å². The highest BCUT2D eigenvalue weighted by atomic mass is 16.5. The molecule has 10 heavy (non-hydrogen) atoms. The van der Waals surface area contributed by atoms with Crippen molar-refractivity contribution < 1.29 is 9.53 Å². The van der Waals surface area contributed by atoms with Crippen molar-refractivity contribution in [3.63, 3.8) is 0 Å². The van der Waals surface area contributed by atoms with E-state index in [-0.39, 0.29) is 24.7 Å². The van der Waals surface area contributed by atoms with Crippen molar-refractivity contribution in [3.8, 4) is 0 Å². The summed E-state index contributed by atoms with van der Waals surface area (Å²) in [6.45, 7) is 0.232. The van der Waals surface area contributed by atoms with Gasteiger partial charge in [-0.1, -0.05) is 0 Å². The van der Waals surface area contributed by atoms with Crippen molar-refractivity contribution in [2.45, 2.75) is 18.9 Å². The number of primary amides is 1. The van der Waals surface area contributed by atoms with Gasteiger partial charge in [0.1, 0.15) is 0 Å². The fourth-order valence-electron chi connectivity index (χ4n) is 1.07. The lowest BCUT2D eigenvalue weighted by Crippen LogP contribution is -2.40. The molecule has 0 unspecified atom stereocenters. The normalized spacial score (nSPS) is 31.3. The fourth-order valence-corrected chi connectivity index (χ4v) is 1.07. The molecular weight excluding hydrogens is 132 g/mol. The van der Waals surface area contributed by atoms with Crippen molar-refractivity contribution in [2.24, 2.45) is 17.4 Å². The molecule has 1 aliphatic rings. The van der Waals surface area contributed by atoms with E-state index in [1.807, 2.05) is 0 Å². The van der Waals surface area contributed by atoms with Crippen molar-refractivity contribution >= 4 is 5.91 Å². The number of amides is 1. The molecule has 4 heteroatoms. The van der Waals surface area contributed by atoms with Crippen molar-refractivity contribution in [2.75, 3.05) is 6.73 Å². The molecule has 0 saturated heterocycles. The predicted octanol–water partition coefficient (Wildman–Crippen LogP) is -0.817. The second-order valence-corrected chi connectivity index (χ2v) is 2.53. The Morgan fingerprint density at radius 1 is 1.60 bits per heavy atom. The van der Waals surface area contributed by atoms with Crippen molar-refractivity contribution in [1.29, 1.82) is 0 Å². The molecule has 0 spiro atoms. The Balaban J connectivity index is 2.12. The van der Waals surface area contributed by atoms with Gasteiger partial charge in [0.05, 0.1) is 12.8 Å². The SMILES string of the molecule is NCO[C@H]1C[C@@H](C(N)=O)C1. The first-order chi connectivity index (χ1) is 4.74. The van der Waals surface area contributed by atoms with Crippen LogP contribution in [-0.4, -0.2) is 18.7 Å². The summed E-state index contributed by atoms with van der Waals surface area (Å²) in [5, 5.41) is 0. The number of hydrogen-bond donors (Lipinski definition) is 2. The second kappa shape index (κ2) is 2.98. The summed E-state index contributed by atoms with van der Waals surface area (Å²) in [7, 11) is 0. The van der Waals surface area contributed by atoms with Gasteiger partial charge in [0.2, 0.25) is 5.91 Å². The van der Waals surface area contributed by atoms with Gasteiger partial charge in [0, 0.05) is 5.92 Å². The Hall–Kier alpha value is -0.610. The molecule has 4 N–H and O–H groups in total. The Kier molecular flexibility index (Phi) is 2.24. The molecule has 0 aromatic rings. The first kappa shape index (κ1) is 7.50. The van der Waals surface area contributed by atoms with Crippen LogP contribution in [0.3, 0.4) is 0 Å². The van der Waals surface area contributed by atoms with Crippen LogP contribution in [0.15, 0.2) is 0 Å². The molecule has 1 amide bonds. The van der Waals surface area contributed by atoms with E-state index in [4.69, 9.17) is 16.2 Å². The van der Waals surface area contributed by atoms with E-state index in [0.29, 0.717) is 0 Å². The van der Waals surface area contributed by atoms with E-state index in [9.17, 15) is 4.79 Å². The maximum absolute atomic E-state index is 10.5. The predicted molar refractivity (Wildman–Crippen MR) is 35.8 cm³/mol. The Bertz CT molecular complexity index is 132. The Labute approximate surface area is 59.5 Å². The lowest BCUT2D eigenvalue weighted by Gasteiger charge is -2.32. The maximum Gasteiger partial charge on any atom is 0.220 e. The molecule has 0 atom stereocenters. The standard InChI is InChI=1S/C6H12N2O2/c7-3-10-5-1-4(2-5)6(8)9/h4-5H,1-3,7H2,(H2,8,9)/t4-,5+. The average molecular weight is 144 g/mol. The Morgan fingerprint density at radius 3 is 2.60 bits per heavy atom. The largest absolute Gasteiger partial charge is 0.369 e. The molecule has 58 valence electrons. The highest BCUT2D eigenvalue weighted by Crippen LogP contribution is 2.28. The molecule has 1 rings (SSSR count). The van der Waals surface area contributed by atoms with Gasteiger partial charge >= 0.3 is 0 Å². The van der Waals surface area contributed by atoms with Crippen LogP contribution >= 0.6 is 0 Å². The zero-order valence-corrected chi connectivity index (χ0v) is 5.75. The monoisotopic (exact) mass is 144 g/mol. The summed E-state index contributed by atoms with van der Waals surface area (Å²) < 4.78 is 5.03. The van der Waals surface area contributed by atoms with Crippen LogP contribution in [0.5, 0.6) is 0 Å². The summed E-state index contributed by atoms with van der Waals surface area (Å²) in [6, 6.07) is 0. The molecule has 0 aromatic carbocycles. The lowest BCUT2D eigenvalue weighted by atomic mass is 9.82. The zero-order chi connectivity index (χ0) is 7.56. The molecule has 1 aliphatic carbocycles. The average Bonchev–Trinajstić information content (AvgIpc) is 1.76. The highest BCUT2D eigenvalue weighted by molar-refractivity contribution is 5.77. The van der Waals surface area contributed by atoms with Crippen LogP contribution in [0, 0.1) is 5.92 Å². The van der Waals surface area contributed by atoms with Gasteiger partial charge in [0.15, 0.2) is 0 Å². The van der Waals surface area contributed by atoms with Crippen LogP contribution in [0.2, 0.25) is 0 Å². The van der Waals surface area contributed by atoms with E-state index < -0.39 is 0 Å². The molecule has 1 fully saturated rings. The topological polar surface area (TPSA) is 78.3 Å². The molecule has 0 radical (unpaired) electrons. The quantitative estimate of drug-likeness (QED) is 0.508. The van der Waals surface area contributed by atoms with Gasteiger partial charge in [-0.25, -0.2) is 0 Å². The van der Waals surface area contributed by atoms with E-state index in [0.717, 1.165) is 12.8 Å². The van der Waals surface area contributed by atoms with E-state index >= 15 is 0 Å². The maximum atomic E-state index is 10.5. The van der Waals surface area contributed by atoms with Crippen molar-refractivity contribution in [3.05, 3.63) is 0 Å². The fraction of sp³-hybridized carbons (Fsp3) is 0.833. The van der Waals surface area contributed by atoms with Crippen LogP contribution < -0.4 is 11.5 Å². The summed E-state index contributed by atoms with van der Waals surface area (Å²) in [6.07, 6.45) is 1.65. The molecule has 0 aromatic heterocycles. The number of nitrogens with two attached hydrogens (primary N) is 2. The van der Waals surface area contributed by atoms with Crippen LogP contribution in [0.4, 0.5) is 0 Å². The second-order valence-electron chi connectivity index (χ2n) is 2.53. The summed E-state index contributed by atoms with van der Waals surface area (Å²) in [4.78, 5) is 10.5. The van der Waals surface area contributed by atoms with Crippen LogP contribution in [-0.2, 0) is 9.53 Å². The molecule has 0 heterocycles. The minimum absolute atomic E-state index is 0.0246. The first-order valence-electron chi connectivity index (χ1n) is 3.35. The third kappa shape index (κ3) is 1.46. The number of hydrogen-bond acceptors (Lipinski definition) is 3. The minimum Gasteiger partial charge on any atom is -0.369 e. The molecular formula is C6H12N2O2. The smallest absolute Gasteiger partial charge is 0.220 e. The zero-order valence-electron chi connectivity index (χ0n) is 5.75. The van der Waals surface area contributed by atoms with Gasteiger partial charge in [-0.3, -0.25) is 4.79 Å². The van der Waals surface area contributed by atoms with Crippen LogP contribution in [0.1, 0.15) is 12.8 Å².